The predicted molar refractivity (Wildman–Crippen MR) is 107 cm³/mol. The van der Waals surface area contributed by atoms with Gasteiger partial charge in [0.15, 0.2) is 9.84 Å². The first kappa shape index (κ1) is 22.1. The highest BCUT2D eigenvalue weighted by Gasteiger charge is 2.26. The number of nitrogens with one attached hydrogen (secondary N) is 1. The number of benzene rings is 1. The Bertz CT molecular complexity index is 712. The van der Waals surface area contributed by atoms with Gasteiger partial charge in [-0.25, -0.2) is 8.42 Å². The fourth-order valence-electron chi connectivity index (χ4n) is 3.24. The molecule has 27 heavy (non-hydrogen) atoms. The van der Waals surface area contributed by atoms with Gasteiger partial charge in [0.2, 0.25) is 0 Å². The standard InChI is InChI=1S/C19H28N2O4S.ClH/c1-25-12-13-26(23,24)18-6-4-16(5-7-18)19(22)21-10-8-17(9-11-21)20-14-15-2-3-15;/h4-7,15,17,20H,2-3,8-14H2,1H3;1H. The van der Waals surface area contributed by atoms with Crippen LogP contribution in [-0.2, 0) is 14.6 Å². The SMILES string of the molecule is COCCS(=O)(=O)c1ccc(C(=O)N2CCC(NCC3CC3)CC2)cc1.Cl. The van der Waals surface area contributed by atoms with E-state index in [1.54, 1.807) is 12.1 Å². The lowest BCUT2D eigenvalue weighted by molar-refractivity contribution is 0.0705. The number of sulfone groups is 1. The molecule has 3 rings (SSSR count). The second-order valence-electron chi connectivity index (χ2n) is 7.25. The molecule has 0 radical (unpaired) electrons. The van der Waals surface area contributed by atoms with Crippen molar-refractivity contribution in [2.45, 2.75) is 36.6 Å². The Morgan fingerprint density at radius 3 is 2.33 bits per heavy atom. The van der Waals surface area contributed by atoms with Crippen LogP contribution in [0.25, 0.3) is 0 Å². The summed E-state index contributed by atoms with van der Waals surface area (Å²) >= 11 is 0. The van der Waals surface area contributed by atoms with Gasteiger partial charge in [-0.2, -0.15) is 0 Å². The fourth-order valence-corrected chi connectivity index (χ4v) is 4.41. The van der Waals surface area contributed by atoms with Crippen molar-refractivity contribution in [2.24, 2.45) is 5.92 Å². The molecule has 6 nitrogen and oxygen atoms in total. The first-order chi connectivity index (χ1) is 12.5. The van der Waals surface area contributed by atoms with E-state index in [9.17, 15) is 13.2 Å². The van der Waals surface area contributed by atoms with E-state index in [0.29, 0.717) is 11.6 Å². The second-order valence-corrected chi connectivity index (χ2v) is 9.36. The van der Waals surface area contributed by atoms with E-state index in [1.807, 2.05) is 4.90 Å². The van der Waals surface area contributed by atoms with E-state index in [0.717, 1.165) is 38.4 Å². The van der Waals surface area contributed by atoms with Gasteiger partial charge in [-0.1, -0.05) is 0 Å². The van der Waals surface area contributed by atoms with Gasteiger partial charge >= 0.3 is 0 Å². The van der Waals surface area contributed by atoms with Gasteiger partial charge in [0.1, 0.15) is 0 Å². The van der Waals surface area contributed by atoms with E-state index in [-0.39, 0.29) is 35.6 Å². The minimum atomic E-state index is -3.36. The van der Waals surface area contributed by atoms with Crippen LogP contribution < -0.4 is 5.32 Å². The highest BCUT2D eigenvalue weighted by atomic mass is 35.5. The number of carbonyl (C=O) groups excluding carboxylic acids is 1. The number of halogens is 1. The summed E-state index contributed by atoms with van der Waals surface area (Å²) < 4.78 is 29.1. The van der Waals surface area contributed by atoms with Gasteiger partial charge < -0.3 is 15.0 Å². The normalized spacial score (nSPS) is 18.2. The molecule has 1 heterocycles. The molecule has 0 aromatic heterocycles. The van der Waals surface area contributed by atoms with Crippen LogP contribution >= 0.6 is 12.4 Å². The summed E-state index contributed by atoms with van der Waals surface area (Å²) in [6.45, 7) is 2.76. The highest BCUT2D eigenvalue weighted by Crippen LogP contribution is 2.28. The van der Waals surface area contributed by atoms with Gasteiger partial charge in [-0.15, -0.1) is 12.4 Å². The van der Waals surface area contributed by atoms with Crippen LogP contribution in [0.1, 0.15) is 36.0 Å². The smallest absolute Gasteiger partial charge is 0.253 e. The van der Waals surface area contributed by atoms with E-state index in [4.69, 9.17) is 4.74 Å². The molecule has 1 aromatic rings. The number of rotatable bonds is 8. The summed E-state index contributed by atoms with van der Waals surface area (Å²) in [7, 11) is -1.89. The van der Waals surface area contributed by atoms with Crippen LogP contribution in [0.2, 0.25) is 0 Å². The number of amides is 1. The average molecular weight is 417 g/mol. The zero-order valence-electron chi connectivity index (χ0n) is 15.7. The van der Waals surface area contributed by atoms with Crippen molar-refractivity contribution >= 4 is 28.2 Å². The summed E-state index contributed by atoms with van der Waals surface area (Å²) in [5.74, 6) is 0.790. The number of hydrogen-bond donors (Lipinski definition) is 1. The maximum absolute atomic E-state index is 12.7. The summed E-state index contributed by atoms with van der Waals surface area (Å²) in [5.41, 5.74) is 0.542. The van der Waals surface area contributed by atoms with Crippen molar-refractivity contribution < 1.29 is 17.9 Å². The van der Waals surface area contributed by atoms with Crippen molar-refractivity contribution in [3.8, 4) is 0 Å². The molecule has 0 bridgehead atoms. The molecule has 2 fully saturated rings. The van der Waals surface area contributed by atoms with Crippen LogP contribution in [0.5, 0.6) is 0 Å². The lowest BCUT2D eigenvalue weighted by atomic mass is 10.0. The number of piperidine rings is 1. The topological polar surface area (TPSA) is 75.7 Å². The number of carbonyl (C=O) groups is 1. The number of ether oxygens (including phenoxy) is 1. The summed E-state index contributed by atoms with van der Waals surface area (Å²) in [5, 5.41) is 3.61. The number of methoxy groups -OCH3 is 1. The molecule has 1 aliphatic heterocycles. The lowest BCUT2D eigenvalue weighted by Crippen LogP contribution is -2.45. The molecule has 1 aliphatic carbocycles. The third kappa shape index (κ3) is 6.17. The summed E-state index contributed by atoms with van der Waals surface area (Å²) in [6.07, 6.45) is 4.65. The van der Waals surface area contributed by atoms with E-state index >= 15 is 0 Å². The summed E-state index contributed by atoms with van der Waals surface area (Å²) in [6, 6.07) is 6.76. The molecule has 2 aliphatic rings. The minimum absolute atomic E-state index is 0. The van der Waals surface area contributed by atoms with Gasteiger partial charge in [-0.3, -0.25) is 4.79 Å². The van der Waals surface area contributed by atoms with Crippen LogP contribution in [-0.4, -0.2) is 64.4 Å². The molecule has 1 saturated carbocycles. The van der Waals surface area contributed by atoms with Crippen molar-refractivity contribution in [1.82, 2.24) is 10.2 Å². The quantitative estimate of drug-likeness (QED) is 0.702. The Morgan fingerprint density at radius 2 is 1.78 bits per heavy atom. The molecule has 1 saturated heterocycles. The zero-order chi connectivity index (χ0) is 18.6. The van der Waals surface area contributed by atoms with Crippen molar-refractivity contribution in [2.75, 3.05) is 39.1 Å². The van der Waals surface area contributed by atoms with Crippen molar-refractivity contribution in [1.29, 1.82) is 0 Å². The van der Waals surface area contributed by atoms with Gasteiger partial charge in [0, 0.05) is 31.8 Å². The maximum atomic E-state index is 12.7. The average Bonchev–Trinajstić information content (AvgIpc) is 3.49. The molecule has 0 atom stereocenters. The molecule has 0 unspecified atom stereocenters. The highest BCUT2D eigenvalue weighted by molar-refractivity contribution is 7.91. The van der Waals surface area contributed by atoms with E-state index in [2.05, 4.69) is 5.32 Å². The first-order valence-electron chi connectivity index (χ1n) is 9.34. The van der Waals surface area contributed by atoms with Crippen LogP contribution in [0, 0.1) is 5.92 Å². The molecule has 8 heteroatoms. The maximum Gasteiger partial charge on any atom is 0.253 e. The van der Waals surface area contributed by atoms with Crippen molar-refractivity contribution in [3.63, 3.8) is 0 Å². The zero-order valence-corrected chi connectivity index (χ0v) is 17.4. The largest absolute Gasteiger partial charge is 0.384 e. The number of hydrogen-bond acceptors (Lipinski definition) is 5. The van der Waals surface area contributed by atoms with E-state index < -0.39 is 9.84 Å². The molecule has 1 aromatic carbocycles. The molecule has 1 N–H and O–H groups in total. The minimum Gasteiger partial charge on any atom is -0.384 e. The van der Waals surface area contributed by atoms with Crippen LogP contribution in [0.3, 0.4) is 0 Å². The number of nitrogens with zero attached hydrogens (tertiary/aromatic N) is 1. The molecule has 152 valence electrons. The van der Waals surface area contributed by atoms with Crippen LogP contribution in [0.4, 0.5) is 0 Å². The van der Waals surface area contributed by atoms with Gasteiger partial charge in [-0.05, 0) is 62.4 Å². The van der Waals surface area contributed by atoms with Gasteiger partial charge in [0.25, 0.3) is 5.91 Å². The fraction of sp³-hybridized carbons (Fsp3) is 0.632. The Kier molecular flexibility index (Phi) is 8.09. The van der Waals surface area contributed by atoms with Crippen LogP contribution in [0.15, 0.2) is 29.2 Å². The Labute approximate surface area is 168 Å². The monoisotopic (exact) mass is 416 g/mol. The second kappa shape index (κ2) is 9.87. The molecular weight excluding hydrogens is 388 g/mol. The molecular formula is C19H29ClN2O4S. The number of likely N-dealkylation sites (tertiary alicyclic amines) is 1. The predicted octanol–water partition coefficient (Wildman–Crippen LogP) is 2.13. The molecule has 1 amide bonds. The third-order valence-corrected chi connectivity index (χ3v) is 6.89. The van der Waals surface area contributed by atoms with Gasteiger partial charge in [0.05, 0.1) is 17.3 Å². The Morgan fingerprint density at radius 1 is 1.15 bits per heavy atom. The summed E-state index contributed by atoms with van der Waals surface area (Å²) in [4.78, 5) is 14.7. The Hall–Kier alpha value is -1.15. The van der Waals surface area contributed by atoms with Crippen molar-refractivity contribution in [3.05, 3.63) is 29.8 Å². The third-order valence-electron chi connectivity index (χ3n) is 5.19. The lowest BCUT2D eigenvalue weighted by Gasteiger charge is -2.32. The van der Waals surface area contributed by atoms with E-state index in [1.165, 1.54) is 32.1 Å². The Balaban J connectivity index is 0.00000261. The first-order valence-corrected chi connectivity index (χ1v) is 11.0. The molecule has 0 spiro atoms.